The minimum absolute atomic E-state index is 0.0234. The summed E-state index contributed by atoms with van der Waals surface area (Å²) in [4.78, 5) is 32.0. The molecule has 0 aliphatic carbocycles. The lowest BCUT2D eigenvalue weighted by atomic mass is 10.1. The van der Waals surface area contributed by atoms with E-state index in [0.717, 1.165) is 11.1 Å². The highest BCUT2D eigenvalue weighted by Gasteiger charge is 2.18. The van der Waals surface area contributed by atoms with Crippen molar-refractivity contribution in [2.45, 2.75) is 19.4 Å². The molecule has 1 fully saturated rings. The van der Waals surface area contributed by atoms with E-state index in [2.05, 4.69) is 4.98 Å². The van der Waals surface area contributed by atoms with Crippen LogP contribution >= 0.6 is 11.6 Å². The summed E-state index contributed by atoms with van der Waals surface area (Å²) in [5, 5.41) is 0.560. The van der Waals surface area contributed by atoms with Crippen molar-refractivity contribution in [2.24, 2.45) is 0 Å². The van der Waals surface area contributed by atoms with Gasteiger partial charge in [0.25, 0.3) is 5.56 Å². The molecule has 0 bridgehead atoms. The second-order valence-electron chi connectivity index (χ2n) is 7.06. The molecule has 6 nitrogen and oxygen atoms in total. The molecule has 4 rings (SSSR count). The van der Waals surface area contributed by atoms with Gasteiger partial charge in [0, 0.05) is 31.0 Å². The second-order valence-corrected chi connectivity index (χ2v) is 7.50. The Labute approximate surface area is 173 Å². The van der Waals surface area contributed by atoms with Gasteiger partial charge < -0.3 is 14.2 Å². The Morgan fingerprint density at radius 1 is 1.10 bits per heavy atom. The van der Waals surface area contributed by atoms with Crippen LogP contribution in [0.3, 0.4) is 0 Å². The molecule has 1 amide bonds. The summed E-state index contributed by atoms with van der Waals surface area (Å²) < 4.78 is 7.00. The number of hydrogen-bond donors (Lipinski definition) is 0. The van der Waals surface area contributed by atoms with E-state index in [4.69, 9.17) is 16.3 Å². The van der Waals surface area contributed by atoms with Crippen LogP contribution in [0, 0.1) is 0 Å². The standard InChI is InChI=1S/C22H22ClN3O3/c23-17-6-8-20-19(14-17)24-18(7-9-21(27)25-10-12-29-13-11-25)22(28)26(20)15-16-4-2-1-3-5-16/h1-6,8,14H,7,9-13,15H2. The highest BCUT2D eigenvalue weighted by atomic mass is 35.5. The number of hydrogen-bond acceptors (Lipinski definition) is 4. The molecule has 2 heterocycles. The zero-order valence-corrected chi connectivity index (χ0v) is 16.8. The van der Waals surface area contributed by atoms with Gasteiger partial charge in [-0.15, -0.1) is 0 Å². The summed E-state index contributed by atoms with van der Waals surface area (Å²) in [5.41, 5.74) is 2.62. The van der Waals surface area contributed by atoms with Gasteiger partial charge in [0.05, 0.1) is 30.8 Å². The van der Waals surface area contributed by atoms with Crippen LogP contribution in [0.5, 0.6) is 0 Å². The Bertz CT molecular complexity index is 1080. The molecule has 0 radical (unpaired) electrons. The lowest BCUT2D eigenvalue weighted by molar-refractivity contribution is -0.135. The molecule has 0 N–H and O–H groups in total. The van der Waals surface area contributed by atoms with Crippen molar-refractivity contribution < 1.29 is 9.53 Å². The van der Waals surface area contributed by atoms with E-state index in [1.807, 2.05) is 36.4 Å². The van der Waals surface area contributed by atoms with Gasteiger partial charge in [-0.3, -0.25) is 9.59 Å². The maximum absolute atomic E-state index is 13.2. The first-order valence-electron chi connectivity index (χ1n) is 9.70. The number of amides is 1. The van der Waals surface area contributed by atoms with E-state index in [-0.39, 0.29) is 17.9 Å². The summed E-state index contributed by atoms with van der Waals surface area (Å²) in [6, 6.07) is 15.1. The molecule has 0 spiro atoms. The molecule has 1 saturated heterocycles. The fourth-order valence-electron chi connectivity index (χ4n) is 3.55. The van der Waals surface area contributed by atoms with Gasteiger partial charge in [-0.05, 0) is 23.8 Å². The first kappa shape index (κ1) is 19.6. The van der Waals surface area contributed by atoms with Crippen molar-refractivity contribution in [1.29, 1.82) is 0 Å². The van der Waals surface area contributed by atoms with Gasteiger partial charge in [0.1, 0.15) is 5.69 Å². The third kappa shape index (κ3) is 4.49. The molecule has 1 aliphatic heterocycles. The SMILES string of the molecule is O=C(CCc1nc2cc(Cl)ccc2n(Cc2ccccc2)c1=O)N1CCOCC1. The van der Waals surface area contributed by atoms with Crippen LogP contribution in [0.4, 0.5) is 0 Å². The molecule has 3 aromatic rings. The number of nitrogens with zero attached hydrogens (tertiary/aromatic N) is 3. The number of benzene rings is 2. The quantitative estimate of drug-likeness (QED) is 0.647. The number of carbonyl (C=O) groups excluding carboxylic acids is 1. The number of aromatic nitrogens is 2. The Hall–Kier alpha value is -2.70. The van der Waals surface area contributed by atoms with E-state index in [1.54, 1.807) is 21.6 Å². The van der Waals surface area contributed by atoms with Gasteiger partial charge in [-0.2, -0.15) is 0 Å². The van der Waals surface area contributed by atoms with Crippen LogP contribution in [0.15, 0.2) is 53.3 Å². The summed E-state index contributed by atoms with van der Waals surface area (Å²) in [6.07, 6.45) is 0.548. The largest absolute Gasteiger partial charge is 0.378 e. The van der Waals surface area contributed by atoms with E-state index in [1.165, 1.54) is 0 Å². The Balaban J connectivity index is 1.65. The minimum Gasteiger partial charge on any atom is -0.378 e. The topological polar surface area (TPSA) is 64.4 Å². The molecular weight excluding hydrogens is 390 g/mol. The fourth-order valence-corrected chi connectivity index (χ4v) is 3.72. The van der Waals surface area contributed by atoms with E-state index in [0.29, 0.717) is 55.5 Å². The number of aryl methyl sites for hydroxylation is 1. The first-order chi connectivity index (χ1) is 14.1. The van der Waals surface area contributed by atoms with Crippen LogP contribution in [-0.4, -0.2) is 46.7 Å². The van der Waals surface area contributed by atoms with Gasteiger partial charge >= 0.3 is 0 Å². The van der Waals surface area contributed by atoms with Crippen LogP contribution in [0.2, 0.25) is 5.02 Å². The monoisotopic (exact) mass is 411 g/mol. The summed E-state index contributed by atoms with van der Waals surface area (Å²) in [5.74, 6) is 0.0234. The van der Waals surface area contributed by atoms with Crippen molar-refractivity contribution in [1.82, 2.24) is 14.5 Å². The van der Waals surface area contributed by atoms with Crippen LogP contribution in [-0.2, 0) is 22.5 Å². The molecule has 0 saturated carbocycles. The van der Waals surface area contributed by atoms with Crippen molar-refractivity contribution in [3.8, 4) is 0 Å². The zero-order valence-electron chi connectivity index (χ0n) is 16.0. The number of fused-ring (bicyclic) bond motifs is 1. The number of ether oxygens (including phenoxy) is 1. The van der Waals surface area contributed by atoms with Crippen molar-refractivity contribution >= 4 is 28.5 Å². The maximum Gasteiger partial charge on any atom is 0.273 e. The van der Waals surface area contributed by atoms with E-state index >= 15 is 0 Å². The lowest BCUT2D eigenvalue weighted by Crippen LogP contribution is -2.41. The number of carbonyl (C=O) groups is 1. The molecule has 1 aromatic heterocycles. The third-order valence-electron chi connectivity index (χ3n) is 5.10. The lowest BCUT2D eigenvalue weighted by Gasteiger charge is -2.26. The van der Waals surface area contributed by atoms with Gasteiger partial charge in [-0.1, -0.05) is 41.9 Å². The Morgan fingerprint density at radius 2 is 1.86 bits per heavy atom. The predicted molar refractivity (Wildman–Crippen MR) is 112 cm³/mol. The summed E-state index contributed by atoms with van der Waals surface area (Å²) in [6.45, 7) is 2.74. The normalized spacial score (nSPS) is 14.3. The molecule has 150 valence electrons. The molecule has 1 aliphatic rings. The highest BCUT2D eigenvalue weighted by molar-refractivity contribution is 6.31. The van der Waals surface area contributed by atoms with Crippen LogP contribution in [0.25, 0.3) is 11.0 Å². The average molecular weight is 412 g/mol. The molecular formula is C22H22ClN3O3. The van der Waals surface area contributed by atoms with Crippen molar-refractivity contribution in [3.05, 3.63) is 75.2 Å². The van der Waals surface area contributed by atoms with E-state index < -0.39 is 0 Å². The van der Waals surface area contributed by atoms with E-state index in [9.17, 15) is 9.59 Å². The van der Waals surface area contributed by atoms with Crippen LogP contribution < -0.4 is 5.56 Å². The molecule has 29 heavy (non-hydrogen) atoms. The second kappa shape index (κ2) is 8.76. The fraction of sp³-hybridized carbons (Fsp3) is 0.318. The Morgan fingerprint density at radius 3 is 2.62 bits per heavy atom. The number of halogens is 1. The molecule has 0 atom stereocenters. The molecule has 0 unspecified atom stereocenters. The maximum atomic E-state index is 13.2. The first-order valence-corrected chi connectivity index (χ1v) is 10.1. The minimum atomic E-state index is -0.168. The van der Waals surface area contributed by atoms with Crippen molar-refractivity contribution in [2.75, 3.05) is 26.3 Å². The number of rotatable bonds is 5. The molecule has 7 heteroatoms. The van der Waals surface area contributed by atoms with Crippen LogP contribution in [0.1, 0.15) is 17.7 Å². The van der Waals surface area contributed by atoms with Crippen molar-refractivity contribution in [3.63, 3.8) is 0 Å². The average Bonchev–Trinajstić information content (AvgIpc) is 2.75. The number of morpholine rings is 1. The predicted octanol–water partition coefficient (Wildman–Crippen LogP) is 2.89. The highest BCUT2D eigenvalue weighted by Crippen LogP contribution is 2.18. The summed E-state index contributed by atoms with van der Waals surface area (Å²) >= 11 is 6.15. The van der Waals surface area contributed by atoms with Gasteiger partial charge in [0.2, 0.25) is 5.91 Å². The smallest absolute Gasteiger partial charge is 0.273 e. The third-order valence-corrected chi connectivity index (χ3v) is 5.33. The zero-order chi connectivity index (χ0) is 20.2. The summed E-state index contributed by atoms with van der Waals surface area (Å²) in [7, 11) is 0. The Kier molecular flexibility index (Phi) is 5.92. The van der Waals surface area contributed by atoms with Gasteiger partial charge in [-0.25, -0.2) is 4.98 Å². The van der Waals surface area contributed by atoms with Gasteiger partial charge in [0.15, 0.2) is 0 Å². The molecule has 2 aromatic carbocycles.